The molecule has 0 bridgehead atoms. The second-order valence-corrected chi connectivity index (χ2v) is 5.23. The highest BCUT2D eigenvalue weighted by Gasteiger charge is 2.44. The van der Waals surface area contributed by atoms with E-state index in [0.717, 1.165) is 26.1 Å². The molecule has 5 heteroatoms. The van der Waals surface area contributed by atoms with E-state index in [1.807, 2.05) is 0 Å². The Morgan fingerprint density at radius 1 is 1.65 bits per heavy atom. The number of carbonyl (C=O) groups is 1. The summed E-state index contributed by atoms with van der Waals surface area (Å²) in [6.45, 7) is 4.23. The van der Waals surface area contributed by atoms with Crippen LogP contribution in [0.15, 0.2) is 0 Å². The third-order valence-electron chi connectivity index (χ3n) is 3.86. The van der Waals surface area contributed by atoms with Crippen LogP contribution in [-0.2, 0) is 14.3 Å². The lowest BCUT2D eigenvalue weighted by Crippen LogP contribution is -2.43. The third-order valence-corrected chi connectivity index (χ3v) is 3.86. The predicted molar refractivity (Wildman–Crippen MR) is 61.9 cm³/mol. The minimum absolute atomic E-state index is 0.355. The lowest BCUT2D eigenvalue weighted by atomic mass is 9.87. The van der Waals surface area contributed by atoms with Crippen LogP contribution in [0.25, 0.3) is 0 Å². The Bertz CT molecular complexity index is 276. The molecule has 17 heavy (non-hydrogen) atoms. The van der Waals surface area contributed by atoms with Gasteiger partial charge in [0.05, 0.1) is 13.2 Å². The van der Waals surface area contributed by atoms with Crippen LogP contribution in [-0.4, -0.2) is 62.5 Å². The second-order valence-electron chi connectivity index (χ2n) is 5.23. The van der Waals surface area contributed by atoms with Crippen LogP contribution >= 0.6 is 0 Å². The maximum Gasteiger partial charge on any atom is 0.313 e. The Labute approximate surface area is 102 Å². The molecule has 2 aliphatic heterocycles. The zero-order chi connectivity index (χ0) is 12.3. The summed E-state index contributed by atoms with van der Waals surface area (Å²) in [4.78, 5) is 13.6. The molecule has 2 fully saturated rings. The topological polar surface area (TPSA) is 59.0 Å². The zero-order valence-corrected chi connectivity index (χ0v) is 10.4. The summed E-state index contributed by atoms with van der Waals surface area (Å²) in [7, 11) is 1.71. The maximum absolute atomic E-state index is 11.4. The highest BCUT2D eigenvalue weighted by atomic mass is 16.5. The van der Waals surface area contributed by atoms with Crippen molar-refractivity contribution in [2.45, 2.75) is 12.8 Å². The molecular weight excluding hydrogens is 222 g/mol. The predicted octanol–water partition coefficient (Wildman–Crippen LogP) is 0.446. The maximum atomic E-state index is 11.4. The summed E-state index contributed by atoms with van der Waals surface area (Å²) in [5.41, 5.74) is -0.679. The molecule has 0 spiro atoms. The average Bonchev–Trinajstić information content (AvgIpc) is 2.90. The lowest BCUT2D eigenvalue weighted by Gasteiger charge is -2.28. The largest absolute Gasteiger partial charge is 0.481 e. The van der Waals surface area contributed by atoms with Gasteiger partial charge in [-0.1, -0.05) is 0 Å². The summed E-state index contributed by atoms with van der Waals surface area (Å²) in [6.07, 6.45) is 1.73. The van der Waals surface area contributed by atoms with Crippen molar-refractivity contribution in [2.75, 3.05) is 46.6 Å². The fourth-order valence-electron chi connectivity index (χ4n) is 2.82. The molecular formula is C12H21NO4. The van der Waals surface area contributed by atoms with Crippen molar-refractivity contribution in [3.63, 3.8) is 0 Å². The molecule has 0 aliphatic carbocycles. The quantitative estimate of drug-likeness (QED) is 0.759. The molecule has 1 N–H and O–H groups in total. The third kappa shape index (κ3) is 2.78. The van der Waals surface area contributed by atoms with Crippen LogP contribution in [0.3, 0.4) is 0 Å². The number of rotatable bonds is 5. The van der Waals surface area contributed by atoms with Crippen molar-refractivity contribution in [1.82, 2.24) is 4.90 Å². The number of carboxylic acids is 1. The van der Waals surface area contributed by atoms with Crippen LogP contribution < -0.4 is 0 Å². The number of methoxy groups -OCH3 is 1. The van der Waals surface area contributed by atoms with Crippen molar-refractivity contribution < 1.29 is 19.4 Å². The van der Waals surface area contributed by atoms with Crippen molar-refractivity contribution >= 4 is 5.97 Å². The molecule has 0 radical (unpaired) electrons. The van der Waals surface area contributed by atoms with Gasteiger partial charge in [0.25, 0.3) is 0 Å². The average molecular weight is 243 g/mol. The van der Waals surface area contributed by atoms with Crippen LogP contribution in [0.4, 0.5) is 0 Å². The van der Waals surface area contributed by atoms with E-state index in [1.54, 1.807) is 7.11 Å². The second kappa shape index (κ2) is 5.33. The Balaban J connectivity index is 1.89. The fraction of sp³-hybridized carbons (Fsp3) is 0.917. The van der Waals surface area contributed by atoms with Gasteiger partial charge in [0.1, 0.15) is 5.41 Å². The van der Waals surface area contributed by atoms with Gasteiger partial charge in [-0.15, -0.1) is 0 Å². The number of aliphatic carboxylic acids is 1. The molecule has 2 unspecified atom stereocenters. The van der Waals surface area contributed by atoms with E-state index in [4.69, 9.17) is 9.47 Å². The van der Waals surface area contributed by atoms with Gasteiger partial charge in [-0.05, 0) is 25.3 Å². The van der Waals surface area contributed by atoms with Crippen molar-refractivity contribution in [2.24, 2.45) is 11.3 Å². The van der Waals surface area contributed by atoms with Gasteiger partial charge in [0.2, 0.25) is 0 Å². The van der Waals surface area contributed by atoms with Gasteiger partial charge in [-0.3, -0.25) is 4.79 Å². The first-order valence-corrected chi connectivity index (χ1v) is 6.19. The van der Waals surface area contributed by atoms with E-state index in [-0.39, 0.29) is 0 Å². The fourth-order valence-corrected chi connectivity index (χ4v) is 2.82. The number of nitrogens with zero attached hydrogens (tertiary/aromatic N) is 1. The van der Waals surface area contributed by atoms with Crippen LogP contribution in [0.1, 0.15) is 12.8 Å². The normalized spacial score (nSPS) is 34.3. The van der Waals surface area contributed by atoms with Crippen molar-refractivity contribution in [3.05, 3.63) is 0 Å². The van der Waals surface area contributed by atoms with Crippen LogP contribution in [0.5, 0.6) is 0 Å². The molecule has 5 nitrogen and oxygen atoms in total. The van der Waals surface area contributed by atoms with E-state index in [0.29, 0.717) is 32.1 Å². The molecule has 0 aromatic rings. The lowest BCUT2D eigenvalue weighted by molar-refractivity contribution is -0.150. The Morgan fingerprint density at radius 3 is 3.06 bits per heavy atom. The summed E-state index contributed by atoms with van der Waals surface area (Å²) in [5, 5.41) is 9.36. The minimum Gasteiger partial charge on any atom is -0.481 e. The SMILES string of the molecule is COCC1CCN(CC2(C(=O)O)CCOC2)C1. The molecule has 0 aromatic heterocycles. The number of ether oxygens (including phenoxy) is 2. The molecule has 0 aromatic carbocycles. The van der Waals surface area contributed by atoms with Crippen LogP contribution in [0, 0.1) is 11.3 Å². The molecule has 2 saturated heterocycles. The van der Waals surface area contributed by atoms with Gasteiger partial charge in [0.15, 0.2) is 0 Å². The van der Waals surface area contributed by atoms with Gasteiger partial charge < -0.3 is 19.5 Å². The van der Waals surface area contributed by atoms with E-state index in [1.165, 1.54) is 0 Å². The number of hydrogen-bond acceptors (Lipinski definition) is 4. The smallest absolute Gasteiger partial charge is 0.313 e. The number of likely N-dealkylation sites (tertiary alicyclic amines) is 1. The number of hydrogen-bond donors (Lipinski definition) is 1. The van der Waals surface area contributed by atoms with E-state index >= 15 is 0 Å². The molecule has 2 atom stereocenters. The zero-order valence-electron chi connectivity index (χ0n) is 10.4. The van der Waals surface area contributed by atoms with Gasteiger partial charge >= 0.3 is 5.97 Å². The summed E-state index contributed by atoms with van der Waals surface area (Å²) in [5.74, 6) is -0.168. The van der Waals surface area contributed by atoms with E-state index < -0.39 is 11.4 Å². The molecule has 2 heterocycles. The monoisotopic (exact) mass is 243 g/mol. The molecule has 0 saturated carbocycles. The molecule has 2 rings (SSSR count). The highest BCUT2D eigenvalue weighted by molar-refractivity contribution is 5.75. The Hall–Kier alpha value is -0.650. The Kier molecular flexibility index (Phi) is 4.01. The van der Waals surface area contributed by atoms with Gasteiger partial charge in [-0.2, -0.15) is 0 Å². The summed E-state index contributed by atoms with van der Waals surface area (Å²) in [6, 6.07) is 0. The van der Waals surface area contributed by atoms with Crippen molar-refractivity contribution in [1.29, 1.82) is 0 Å². The first-order valence-electron chi connectivity index (χ1n) is 6.19. The Morgan fingerprint density at radius 2 is 2.47 bits per heavy atom. The first kappa shape index (κ1) is 12.8. The standard InChI is InChI=1S/C12H21NO4/c1-16-7-10-2-4-13(6-10)8-12(11(14)15)3-5-17-9-12/h10H,2-9H2,1H3,(H,14,15). The molecule has 0 amide bonds. The van der Waals surface area contributed by atoms with E-state index in [2.05, 4.69) is 4.90 Å². The van der Waals surface area contributed by atoms with Gasteiger partial charge in [0, 0.05) is 26.8 Å². The minimum atomic E-state index is -0.717. The first-order chi connectivity index (χ1) is 8.16. The highest BCUT2D eigenvalue weighted by Crippen LogP contribution is 2.32. The van der Waals surface area contributed by atoms with Crippen molar-refractivity contribution in [3.8, 4) is 0 Å². The summed E-state index contributed by atoms with van der Waals surface area (Å²) < 4.78 is 10.4. The molecule has 98 valence electrons. The number of carboxylic acid groups (broad SMARTS) is 1. The molecule has 2 aliphatic rings. The van der Waals surface area contributed by atoms with Crippen LogP contribution in [0.2, 0.25) is 0 Å². The summed E-state index contributed by atoms with van der Waals surface area (Å²) >= 11 is 0. The van der Waals surface area contributed by atoms with E-state index in [9.17, 15) is 9.90 Å². The van der Waals surface area contributed by atoms with Gasteiger partial charge in [-0.25, -0.2) is 0 Å².